The highest BCUT2D eigenvalue weighted by Crippen LogP contribution is 2.23. The summed E-state index contributed by atoms with van der Waals surface area (Å²) in [4.78, 5) is 23.0. The maximum absolute atomic E-state index is 12.1. The summed E-state index contributed by atoms with van der Waals surface area (Å²) >= 11 is 0. The number of halogens is 3. The van der Waals surface area contributed by atoms with Crippen molar-refractivity contribution in [2.75, 3.05) is 5.32 Å². The number of carbonyl (C=O) groups is 2. The number of amides is 2. The van der Waals surface area contributed by atoms with E-state index >= 15 is 0 Å². The average molecular weight is 340 g/mol. The second kappa shape index (κ2) is 6.99. The lowest BCUT2D eigenvalue weighted by molar-refractivity contribution is -0.684. The van der Waals surface area contributed by atoms with Crippen molar-refractivity contribution < 1.29 is 32.1 Å². The number of aromatic nitrogens is 1. The number of hydrogen-bond acceptors (Lipinski definition) is 3. The van der Waals surface area contributed by atoms with Gasteiger partial charge >= 0.3 is 6.36 Å². The van der Waals surface area contributed by atoms with Crippen molar-refractivity contribution in [1.29, 1.82) is 0 Å². The minimum Gasteiger partial charge on any atom is -0.406 e. The van der Waals surface area contributed by atoms with Gasteiger partial charge in [0.25, 0.3) is 11.8 Å². The Labute approximate surface area is 134 Å². The molecule has 1 heterocycles. The van der Waals surface area contributed by atoms with E-state index in [1.165, 1.54) is 29.0 Å². The molecule has 126 valence electrons. The maximum Gasteiger partial charge on any atom is 0.573 e. The van der Waals surface area contributed by atoms with Crippen LogP contribution in [-0.2, 0) is 11.3 Å². The number of hydrogen-bond donors (Lipinski definition) is 2. The van der Waals surface area contributed by atoms with Gasteiger partial charge in [0.2, 0.25) is 6.54 Å². The van der Waals surface area contributed by atoms with Crippen molar-refractivity contribution >= 4 is 17.5 Å². The fraction of sp³-hybridized carbons (Fsp3) is 0.133. The molecule has 2 amide bonds. The van der Waals surface area contributed by atoms with Crippen LogP contribution >= 0.6 is 0 Å². The van der Waals surface area contributed by atoms with Crippen LogP contribution in [0.3, 0.4) is 0 Å². The fourth-order valence-corrected chi connectivity index (χ4v) is 1.87. The van der Waals surface area contributed by atoms with Crippen molar-refractivity contribution in [1.82, 2.24) is 0 Å². The first kappa shape index (κ1) is 17.3. The van der Waals surface area contributed by atoms with E-state index in [0.717, 1.165) is 12.1 Å². The van der Waals surface area contributed by atoms with Crippen LogP contribution in [0.2, 0.25) is 0 Å². The van der Waals surface area contributed by atoms with Crippen molar-refractivity contribution in [3.8, 4) is 5.75 Å². The van der Waals surface area contributed by atoms with Crippen LogP contribution in [0.1, 0.15) is 10.4 Å². The number of benzene rings is 1. The zero-order valence-corrected chi connectivity index (χ0v) is 12.2. The van der Waals surface area contributed by atoms with Gasteiger partial charge in [0, 0.05) is 11.8 Å². The van der Waals surface area contributed by atoms with Gasteiger partial charge in [-0.25, -0.2) is 0 Å². The van der Waals surface area contributed by atoms with E-state index in [2.05, 4.69) is 10.1 Å². The molecule has 2 aromatic rings. The third kappa shape index (κ3) is 5.27. The molecule has 0 atom stereocenters. The minimum absolute atomic E-state index is 0.0953. The molecule has 0 saturated carbocycles. The molecule has 0 saturated heterocycles. The summed E-state index contributed by atoms with van der Waals surface area (Å²) in [6.45, 7) is -0.0953. The van der Waals surface area contributed by atoms with E-state index < -0.39 is 18.2 Å². The predicted octanol–water partition coefficient (Wildman–Crippen LogP) is 1.61. The molecule has 3 N–H and O–H groups in total. The van der Waals surface area contributed by atoms with Crippen molar-refractivity contribution in [3.05, 3.63) is 54.4 Å². The van der Waals surface area contributed by atoms with Gasteiger partial charge in [-0.2, -0.15) is 4.57 Å². The van der Waals surface area contributed by atoms with Gasteiger partial charge in [-0.15, -0.1) is 13.2 Å². The quantitative estimate of drug-likeness (QED) is 0.811. The van der Waals surface area contributed by atoms with E-state index in [0.29, 0.717) is 5.69 Å². The maximum atomic E-state index is 12.1. The number of nitrogens with one attached hydrogen (secondary N) is 1. The monoisotopic (exact) mass is 340 g/mol. The molecule has 1 aromatic heterocycles. The number of rotatable bonds is 5. The Balaban J connectivity index is 1.97. The van der Waals surface area contributed by atoms with Gasteiger partial charge in [0.1, 0.15) is 11.3 Å². The van der Waals surface area contributed by atoms with Gasteiger partial charge in [-0.05, 0) is 30.3 Å². The van der Waals surface area contributed by atoms with E-state index in [9.17, 15) is 22.8 Å². The summed E-state index contributed by atoms with van der Waals surface area (Å²) in [5, 5.41) is 2.52. The second-order valence-electron chi connectivity index (χ2n) is 4.75. The van der Waals surface area contributed by atoms with Crippen LogP contribution in [0.25, 0.3) is 0 Å². The van der Waals surface area contributed by atoms with Gasteiger partial charge in [-0.1, -0.05) is 0 Å². The van der Waals surface area contributed by atoms with E-state index in [1.54, 1.807) is 12.3 Å². The summed E-state index contributed by atoms with van der Waals surface area (Å²) < 4.78 is 41.4. The Morgan fingerprint density at radius 3 is 2.42 bits per heavy atom. The lowest BCUT2D eigenvalue weighted by atomic mass is 10.2. The molecular weight excluding hydrogens is 327 g/mol. The number of primary amides is 1. The van der Waals surface area contributed by atoms with E-state index in [1.807, 2.05) is 0 Å². The summed E-state index contributed by atoms with van der Waals surface area (Å²) in [6.07, 6.45) is -1.78. The third-order valence-electron chi connectivity index (χ3n) is 2.84. The lowest BCUT2D eigenvalue weighted by Gasteiger charge is -2.09. The molecule has 9 heteroatoms. The largest absolute Gasteiger partial charge is 0.573 e. The van der Waals surface area contributed by atoms with Crippen LogP contribution < -0.4 is 20.4 Å². The highest BCUT2D eigenvalue weighted by Gasteiger charge is 2.30. The zero-order chi connectivity index (χ0) is 17.7. The number of nitrogens with zero attached hydrogens (tertiary/aromatic N) is 1. The number of nitrogens with two attached hydrogens (primary N) is 1. The predicted molar refractivity (Wildman–Crippen MR) is 76.9 cm³/mol. The van der Waals surface area contributed by atoms with Crippen LogP contribution in [0.5, 0.6) is 5.75 Å². The summed E-state index contributed by atoms with van der Waals surface area (Å²) in [7, 11) is 0. The molecule has 0 spiro atoms. The molecule has 0 bridgehead atoms. The molecule has 0 aliphatic carbocycles. The average Bonchev–Trinajstić information content (AvgIpc) is 2.48. The Kier molecular flexibility index (Phi) is 5.02. The van der Waals surface area contributed by atoms with Crippen LogP contribution in [0.15, 0.2) is 48.8 Å². The normalized spacial score (nSPS) is 11.0. The molecule has 2 rings (SSSR count). The van der Waals surface area contributed by atoms with Crippen molar-refractivity contribution in [2.45, 2.75) is 12.9 Å². The Hall–Kier alpha value is -3.10. The topological polar surface area (TPSA) is 85.3 Å². The number of carbonyl (C=O) groups excluding carboxylic acids is 2. The molecular formula is C15H13F3N3O3+. The highest BCUT2D eigenvalue weighted by atomic mass is 19.4. The van der Waals surface area contributed by atoms with Crippen LogP contribution in [0.4, 0.5) is 18.9 Å². The number of ether oxygens (including phenoxy) is 1. The molecule has 0 aliphatic heterocycles. The third-order valence-corrected chi connectivity index (χ3v) is 2.84. The Bertz CT molecular complexity index is 746. The smallest absolute Gasteiger partial charge is 0.406 e. The first-order chi connectivity index (χ1) is 11.2. The number of pyridine rings is 1. The summed E-state index contributed by atoms with van der Waals surface area (Å²) in [6, 6.07) is 7.81. The Morgan fingerprint density at radius 2 is 1.83 bits per heavy atom. The summed E-state index contributed by atoms with van der Waals surface area (Å²) in [5.74, 6) is -1.43. The standard InChI is InChI=1S/C15H12F3N3O3/c16-15(17,18)24-12-5-3-11(4-6-12)20-13(22)9-21-7-1-2-10(8-21)14(19)23/h1-8H,9H2,(H2-,19,20,22,23)/p+1. The molecule has 0 fully saturated rings. The zero-order valence-electron chi connectivity index (χ0n) is 12.2. The minimum atomic E-state index is -4.77. The molecule has 1 aromatic carbocycles. The first-order valence-corrected chi connectivity index (χ1v) is 6.67. The number of anilines is 1. The molecule has 0 unspecified atom stereocenters. The van der Waals surface area contributed by atoms with Gasteiger partial charge < -0.3 is 15.8 Å². The first-order valence-electron chi connectivity index (χ1n) is 6.67. The van der Waals surface area contributed by atoms with E-state index in [4.69, 9.17) is 5.73 Å². The van der Waals surface area contributed by atoms with E-state index in [-0.39, 0.29) is 17.9 Å². The van der Waals surface area contributed by atoms with Gasteiger partial charge in [0.15, 0.2) is 12.4 Å². The molecule has 0 radical (unpaired) electrons. The van der Waals surface area contributed by atoms with Gasteiger partial charge in [0.05, 0.1) is 0 Å². The molecule has 24 heavy (non-hydrogen) atoms. The van der Waals surface area contributed by atoms with Crippen LogP contribution in [-0.4, -0.2) is 18.2 Å². The molecule has 6 nitrogen and oxygen atoms in total. The lowest BCUT2D eigenvalue weighted by Crippen LogP contribution is -2.40. The van der Waals surface area contributed by atoms with Gasteiger partial charge in [-0.3, -0.25) is 9.59 Å². The SMILES string of the molecule is NC(=O)c1ccc[n+](CC(=O)Nc2ccc(OC(F)(F)F)cc2)c1. The van der Waals surface area contributed by atoms with Crippen LogP contribution in [0, 0.1) is 0 Å². The Morgan fingerprint density at radius 1 is 1.17 bits per heavy atom. The number of alkyl halides is 3. The highest BCUT2D eigenvalue weighted by molar-refractivity contribution is 5.92. The van der Waals surface area contributed by atoms with Crippen molar-refractivity contribution in [2.24, 2.45) is 5.73 Å². The molecule has 0 aliphatic rings. The second-order valence-corrected chi connectivity index (χ2v) is 4.75. The fourth-order valence-electron chi connectivity index (χ4n) is 1.87. The summed E-state index contributed by atoms with van der Waals surface area (Å²) in [5.41, 5.74) is 5.71. The van der Waals surface area contributed by atoms with Crippen molar-refractivity contribution in [3.63, 3.8) is 0 Å².